The second-order valence-electron chi connectivity index (χ2n) is 5.02. The lowest BCUT2D eigenvalue weighted by Crippen LogP contribution is -2.49. The van der Waals surface area contributed by atoms with Crippen LogP contribution >= 0.6 is 0 Å². The molecule has 1 N–H and O–H groups in total. The molecule has 1 atom stereocenters. The largest absolute Gasteiger partial charge is 0.497 e. The maximum atomic E-state index is 5.34. The van der Waals surface area contributed by atoms with Crippen LogP contribution < -0.4 is 10.2 Å². The molecule has 0 unspecified atom stereocenters. The van der Waals surface area contributed by atoms with Crippen LogP contribution in [0.15, 0.2) is 24.3 Å². The highest BCUT2D eigenvalue weighted by Crippen LogP contribution is 2.13. The van der Waals surface area contributed by atoms with Gasteiger partial charge < -0.3 is 9.47 Å². The first kappa shape index (κ1) is 14.3. The number of aryl methyl sites for hydroxylation is 1. The van der Waals surface area contributed by atoms with E-state index in [4.69, 9.17) is 9.47 Å². The number of methoxy groups -OCH3 is 1. The van der Waals surface area contributed by atoms with E-state index in [0.717, 1.165) is 44.9 Å². The van der Waals surface area contributed by atoms with Crippen molar-refractivity contribution in [1.82, 2.24) is 10.4 Å². The number of hydrazine groups is 1. The van der Waals surface area contributed by atoms with Crippen molar-refractivity contribution in [3.05, 3.63) is 29.8 Å². The topological polar surface area (TPSA) is 33.7 Å². The lowest BCUT2D eigenvalue weighted by molar-refractivity contribution is 0.00446. The Morgan fingerprint density at radius 1 is 1.26 bits per heavy atom. The van der Waals surface area contributed by atoms with E-state index in [1.54, 1.807) is 7.11 Å². The fourth-order valence-electron chi connectivity index (χ4n) is 2.24. The Balaban J connectivity index is 1.71. The van der Waals surface area contributed by atoms with Gasteiger partial charge in [-0.05, 0) is 37.5 Å². The van der Waals surface area contributed by atoms with Crippen molar-refractivity contribution in [2.24, 2.45) is 0 Å². The number of rotatable bonds is 6. The van der Waals surface area contributed by atoms with Crippen LogP contribution in [0.1, 0.15) is 18.9 Å². The molecule has 0 spiro atoms. The van der Waals surface area contributed by atoms with Crippen LogP contribution in [0.5, 0.6) is 5.75 Å². The van der Waals surface area contributed by atoms with Crippen LogP contribution in [0.4, 0.5) is 0 Å². The standard InChI is InChI=1S/C15H24N2O2/c1-13(16-17-9-11-19-12-10-17)3-4-14-5-7-15(18-2)8-6-14/h5-8,13,16H,3-4,9-12H2,1-2H3/t13-/m0/s1. The minimum absolute atomic E-state index is 0.486. The van der Waals surface area contributed by atoms with E-state index in [-0.39, 0.29) is 0 Å². The van der Waals surface area contributed by atoms with Crippen LogP contribution in [-0.4, -0.2) is 44.5 Å². The molecule has 0 aromatic heterocycles. The van der Waals surface area contributed by atoms with Gasteiger partial charge in [-0.15, -0.1) is 0 Å². The number of hydrogen-bond donors (Lipinski definition) is 1. The number of hydrogen-bond acceptors (Lipinski definition) is 4. The maximum Gasteiger partial charge on any atom is 0.118 e. The van der Waals surface area contributed by atoms with E-state index in [9.17, 15) is 0 Å². The first-order chi connectivity index (χ1) is 9.28. The number of morpholine rings is 1. The van der Waals surface area contributed by atoms with Crippen LogP contribution in [0, 0.1) is 0 Å². The minimum Gasteiger partial charge on any atom is -0.497 e. The van der Waals surface area contributed by atoms with E-state index in [2.05, 4.69) is 29.5 Å². The highest BCUT2D eigenvalue weighted by molar-refractivity contribution is 5.27. The summed E-state index contributed by atoms with van der Waals surface area (Å²) in [6.45, 7) is 5.86. The van der Waals surface area contributed by atoms with Gasteiger partial charge in [0.05, 0.1) is 20.3 Å². The average molecular weight is 264 g/mol. The van der Waals surface area contributed by atoms with E-state index in [1.165, 1.54) is 5.56 Å². The van der Waals surface area contributed by atoms with E-state index in [1.807, 2.05) is 12.1 Å². The number of ether oxygens (including phenoxy) is 2. The van der Waals surface area contributed by atoms with E-state index < -0.39 is 0 Å². The van der Waals surface area contributed by atoms with Gasteiger partial charge in [-0.1, -0.05) is 12.1 Å². The normalized spacial score (nSPS) is 18.2. The molecule has 4 nitrogen and oxygen atoms in total. The van der Waals surface area contributed by atoms with Gasteiger partial charge >= 0.3 is 0 Å². The molecular weight excluding hydrogens is 240 g/mol. The molecule has 0 radical (unpaired) electrons. The van der Waals surface area contributed by atoms with Crippen LogP contribution in [0.2, 0.25) is 0 Å². The van der Waals surface area contributed by atoms with Gasteiger partial charge in [-0.2, -0.15) is 0 Å². The van der Waals surface area contributed by atoms with Crippen LogP contribution in [-0.2, 0) is 11.2 Å². The van der Waals surface area contributed by atoms with Crippen molar-refractivity contribution in [3.8, 4) is 5.75 Å². The Bertz CT molecular complexity index is 361. The quantitative estimate of drug-likeness (QED) is 0.850. The summed E-state index contributed by atoms with van der Waals surface area (Å²) < 4.78 is 10.5. The fraction of sp³-hybridized carbons (Fsp3) is 0.600. The zero-order chi connectivity index (χ0) is 13.5. The minimum atomic E-state index is 0.486. The second-order valence-corrected chi connectivity index (χ2v) is 5.02. The predicted molar refractivity (Wildman–Crippen MR) is 76.3 cm³/mol. The smallest absolute Gasteiger partial charge is 0.118 e. The molecule has 0 aliphatic carbocycles. The van der Waals surface area contributed by atoms with Crippen molar-refractivity contribution >= 4 is 0 Å². The summed E-state index contributed by atoms with van der Waals surface area (Å²) in [5.41, 5.74) is 4.90. The van der Waals surface area contributed by atoms with Gasteiger partial charge in [0.2, 0.25) is 0 Å². The number of nitrogens with one attached hydrogen (secondary N) is 1. The summed E-state index contributed by atoms with van der Waals surface area (Å²) in [7, 11) is 1.70. The summed E-state index contributed by atoms with van der Waals surface area (Å²) in [6.07, 6.45) is 2.21. The molecule has 106 valence electrons. The molecular formula is C15H24N2O2. The summed E-state index contributed by atoms with van der Waals surface area (Å²) in [5.74, 6) is 0.920. The van der Waals surface area contributed by atoms with Gasteiger partial charge in [0, 0.05) is 19.1 Å². The Kier molecular flexibility index (Phi) is 5.63. The van der Waals surface area contributed by atoms with E-state index in [0.29, 0.717) is 6.04 Å². The van der Waals surface area contributed by atoms with Gasteiger partial charge in [0.25, 0.3) is 0 Å². The molecule has 0 amide bonds. The Labute approximate surface area is 115 Å². The monoisotopic (exact) mass is 264 g/mol. The molecule has 0 bridgehead atoms. The lowest BCUT2D eigenvalue weighted by atomic mass is 10.1. The van der Waals surface area contributed by atoms with E-state index >= 15 is 0 Å². The molecule has 1 aromatic carbocycles. The molecule has 1 aliphatic rings. The Morgan fingerprint density at radius 3 is 2.58 bits per heavy atom. The second kappa shape index (κ2) is 7.48. The molecule has 1 aliphatic heterocycles. The summed E-state index contributed by atoms with van der Waals surface area (Å²) in [5, 5.41) is 2.27. The maximum absolute atomic E-state index is 5.34. The summed E-state index contributed by atoms with van der Waals surface area (Å²) in [4.78, 5) is 0. The molecule has 1 heterocycles. The number of benzene rings is 1. The van der Waals surface area contributed by atoms with Gasteiger partial charge in [0.15, 0.2) is 0 Å². The lowest BCUT2D eigenvalue weighted by Gasteiger charge is -2.30. The zero-order valence-electron chi connectivity index (χ0n) is 11.9. The fourth-order valence-corrected chi connectivity index (χ4v) is 2.24. The third kappa shape index (κ3) is 4.82. The highest BCUT2D eigenvalue weighted by Gasteiger charge is 2.12. The van der Waals surface area contributed by atoms with Gasteiger partial charge in [-0.25, -0.2) is 5.01 Å². The predicted octanol–water partition coefficient (Wildman–Crippen LogP) is 1.85. The number of nitrogens with zero attached hydrogens (tertiary/aromatic N) is 1. The van der Waals surface area contributed by atoms with Crippen molar-refractivity contribution in [3.63, 3.8) is 0 Å². The molecule has 1 aromatic rings. The van der Waals surface area contributed by atoms with Crippen molar-refractivity contribution in [2.45, 2.75) is 25.8 Å². The molecule has 0 saturated carbocycles. The molecule has 19 heavy (non-hydrogen) atoms. The zero-order valence-corrected chi connectivity index (χ0v) is 11.9. The first-order valence-electron chi connectivity index (χ1n) is 6.99. The van der Waals surface area contributed by atoms with Crippen molar-refractivity contribution < 1.29 is 9.47 Å². The summed E-state index contributed by atoms with van der Waals surface area (Å²) >= 11 is 0. The highest BCUT2D eigenvalue weighted by atomic mass is 16.5. The van der Waals surface area contributed by atoms with Crippen molar-refractivity contribution in [2.75, 3.05) is 33.4 Å². The third-order valence-corrected chi connectivity index (χ3v) is 3.44. The molecule has 1 saturated heterocycles. The first-order valence-corrected chi connectivity index (χ1v) is 6.99. The summed E-state index contributed by atoms with van der Waals surface area (Å²) in [6, 6.07) is 8.81. The molecule has 4 heteroatoms. The molecule has 1 fully saturated rings. The van der Waals surface area contributed by atoms with Gasteiger partial charge in [0.1, 0.15) is 5.75 Å². The Hall–Kier alpha value is -1.10. The Morgan fingerprint density at radius 2 is 1.95 bits per heavy atom. The SMILES string of the molecule is COc1ccc(CC[C@H](C)NN2CCOCC2)cc1. The third-order valence-electron chi connectivity index (χ3n) is 3.44. The van der Waals surface area contributed by atoms with Gasteiger partial charge in [-0.3, -0.25) is 5.43 Å². The average Bonchev–Trinajstić information content (AvgIpc) is 2.47. The van der Waals surface area contributed by atoms with Crippen LogP contribution in [0.3, 0.4) is 0 Å². The molecule has 2 rings (SSSR count). The van der Waals surface area contributed by atoms with Crippen molar-refractivity contribution in [1.29, 1.82) is 0 Å². The van der Waals surface area contributed by atoms with Crippen LogP contribution in [0.25, 0.3) is 0 Å².